The van der Waals surface area contributed by atoms with Gasteiger partial charge in [-0.05, 0) is 0 Å². The first-order valence-corrected chi connectivity index (χ1v) is 8.51. The standard InChI is InChI=1S/C18H21N3O5/c1-19-17(22)20-10-6-9-13(21(20)18(19)23)15-14(24-2)11-25-16(26-15)12-7-4-3-5-8-12/h3-9,13-16H,10-11H2,1-2H3/t13-,14+,15-,16+/m0/s1. The van der Waals surface area contributed by atoms with E-state index in [1.807, 2.05) is 42.5 Å². The third-order valence-corrected chi connectivity index (χ3v) is 4.91. The Morgan fingerprint density at radius 3 is 2.65 bits per heavy atom. The fourth-order valence-corrected chi connectivity index (χ4v) is 3.52. The minimum absolute atomic E-state index is 0.330. The van der Waals surface area contributed by atoms with E-state index in [0.717, 1.165) is 10.1 Å². The van der Waals surface area contributed by atoms with Crippen molar-refractivity contribution in [1.29, 1.82) is 0 Å². The fourth-order valence-electron chi connectivity index (χ4n) is 3.52. The van der Waals surface area contributed by atoms with Crippen LogP contribution in [0.1, 0.15) is 17.9 Å². The maximum absolute atomic E-state index is 12.6. The molecule has 2 aromatic rings. The Balaban J connectivity index is 1.72. The van der Waals surface area contributed by atoms with Crippen molar-refractivity contribution in [3.8, 4) is 0 Å². The fraction of sp³-hybridized carbons (Fsp3) is 0.444. The van der Waals surface area contributed by atoms with E-state index in [9.17, 15) is 9.59 Å². The Kier molecular flexibility index (Phi) is 4.39. The predicted octanol–water partition coefficient (Wildman–Crippen LogP) is 0.589. The molecule has 0 radical (unpaired) electrons. The van der Waals surface area contributed by atoms with E-state index in [-0.39, 0.29) is 17.5 Å². The topological polar surface area (TPSA) is 76.6 Å². The number of benzene rings is 1. The average molecular weight is 359 g/mol. The summed E-state index contributed by atoms with van der Waals surface area (Å²) in [4.78, 5) is 24.9. The molecular formula is C18H21N3O5. The second-order valence-corrected chi connectivity index (χ2v) is 6.42. The minimum atomic E-state index is -0.553. The molecule has 0 spiro atoms. The highest BCUT2D eigenvalue weighted by molar-refractivity contribution is 5.17. The minimum Gasteiger partial charge on any atom is -0.376 e. The van der Waals surface area contributed by atoms with Gasteiger partial charge in [-0.25, -0.2) is 23.5 Å². The smallest absolute Gasteiger partial charge is 0.347 e. The predicted molar refractivity (Wildman–Crippen MR) is 92.9 cm³/mol. The number of hydrogen-bond acceptors (Lipinski definition) is 5. The van der Waals surface area contributed by atoms with Gasteiger partial charge in [0.25, 0.3) is 0 Å². The molecule has 1 saturated heterocycles. The van der Waals surface area contributed by atoms with Gasteiger partial charge in [0.2, 0.25) is 0 Å². The monoisotopic (exact) mass is 359 g/mol. The molecule has 8 heteroatoms. The van der Waals surface area contributed by atoms with Crippen LogP contribution >= 0.6 is 0 Å². The zero-order valence-corrected chi connectivity index (χ0v) is 14.6. The summed E-state index contributed by atoms with van der Waals surface area (Å²) in [6.45, 7) is 0.686. The van der Waals surface area contributed by atoms with Crippen molar-refractivity contribution in [1.82, 2.24) is 13.9 Å². The van der Waals surface area contributed by atoms with E-state index in [1.165, 1.54) is 16.4 Å². The van der Waals surface area contributed by atoms with Crippen LogP contribution in [-0.2, 0) is 27.8 Å². The summed E-state index contributed by atoms with van der Waals surface area (Å²) in [5.41, 5.74) is 0.181. The molecule has 2 aliphatic heterocycles. The van der Waals surface area contributed by atoms with Gasteiger partial charge in [-0.15, -0.1) is 0 Å². The van der Waals surface area contributed by atoms with Crippen molar-refractivity contribution in [3.63, 3.8) is 0 Å². The number of hydrogen-bond donors (Lipinski definition) is 0. The molecule has 0 unspecified atom stereocenters. The first-order chi connectivity index (χ1) is 12.6. The molecule has 1 aromatic carbocycles. The van der Waals surface area contributed by atoms with E-state index in [2.05, 4.69) is 0 Å². The molecule has 2 aliphatic rings. The lowest BCUT2D eigenvalue weighted by molar-refractivity contribution is -0.269. The van der Waals surface area contributed by atoms with Crippen molar-refractivity contribution >= 4 is 0 Å². The van der Waals surface area contributed by atoms with Crippen molar-refractivity contribution in [2.24, 2.45) is 7.05 Å². The molecule has 26 heavy (non-hydrogen) atoms. The average Bonchev–Trinajstić information content (AvgIpc) is 2.92. The zero-order valence-electron chi connectivity index (χ0n) is 14.6. The van der Waals surface area contributed by atoms with Gasteiger partial charge in [-0.1, -0.05) is 42.5 Å². The summed E-state index contributed by atoms with van der Waals surface area (Å²) in [5.74, 6) is 0. The summed E-state index contributed by atoms with van der Waals surface area (Å²) in [6, 6.07) is 9.16. The Labute approximate surface area is 149 Å². The van der Waals surface area contributed by atoms with Gasteiger partial charge >= 0.3 is 11.4 Å². The molecule has 4 rings (SSSR count). The SMILES string of the molecule is CO[C@@H]1CO[C@@H](c2ccccc2)O[C@H]1[C@@H]1C=CCn2c(=O)n(C)c(=O)n21. The molecule has 0 N–H and O–H groups in total. The van der Waals surface area contributed by atoms with Crippen LogP contribution in [0.5, 0.6) is 0 Å². The largest absolute Gasteiger partial charge is 0.376 e. The second-order valence-electron chi connectivity index (χ2n) is 6.42. The highest BCUT2D eigenvalue weighted by Crippen LogP contribution is 2.33. The van der Waals surface area contributed by atoms with E-state index < -0.39 is 18.4 Å². The van der Waals surface area contributed by atoms with Crippen LogP contribution in [0.4, 0.5) is 0 Å². The van der Waals surface area contributed by atoms with Gasteiger partial charge in [-0.2, -0.15) is 0 Å². The van der Waals surface area contributed by atoms with Gasteiger partial charge in [0, 0.05) is 19.7 Å². The van der Waals surface area contributed by atoms with Crippen molar-refractivity contribution in [3.05, 3.63) is 69.0 Å². The lowest BCUT2D eigenvalue weighted by Gasteiger charge is -2.40. The lowest BCUT2D eigenvalue weighted by Crippen LogP contribution is -2.49. The molecule has 0 bridgehead atoms. The van der Waals surface area contributed by atoms with Gasteiger partial charge in [0.15, 0.2) is 6.29 Å². The van der Waals surface area contributed by atoms with Crippen LogP contribution in [0.15, 0.2) is 52.1 Å². The van der Waals surface area contributed by atoms with Gasteiger partial charge < -0.3 is 14.2 Å². The Morgan fingerprint density at radius 2 is 1.92 bits per heavy atom. The molecule has 1 aromatic heterocycles. The second kappa shape index (κ2) is 6.71. The Bertz CT molecular complexity index is 927. The van der Waals surface area contributed by atoms with Gasteiger partial charge in [-0.3, -0.25) is 0 Å². The Morgan fingerprint density at radius 1 is 1.15 bits per heavy atom. The normalized spacial score (nSPS) is 28.1. The van der Waals surface area contributed by atoms with E-state index >= 15 is 0 Å². The highest BCUT2D eigenvalue weighted by atomic mass is 16.7. The number of methoxy groups -OCH3 is 1. The van der Waals surface area contributed by atoms with Crippen LogP contribution in [-0.4, -0.2) is 39.9 Å². The number of fused-ring (bicyclic) bond motifs is 1. The number of aromatic nitrogens is 3. The number of ether oxygens (including phenoxy) is 3. The quantitative estimate of drug-likeness (QED) is 0.750. The zero-order chi connectivity index (χ0) is 18.3. The summed E-state index contributed by atoms with van der Waals surface area (Å²) < 4.78 is 21.5. The number of allylic oxidation sites excluding steroid dienone is 1. The van der Waals surface area contributed by atoms with E-state index in [4.69, 9.17) is 14.2 Å². The summed E-state index contributed by atoms with van der Waals surface area (Å²) in [7, 11) is 3.06. The molecule has 0 amide bonds. The first-order valence-electron chi connectivity index (χ1n) is 8.51. The van der Waals surface area contributed by atoms with Gasteiger partial charge in [0.05, 0.1) is 13.2 Å². The van der Waals surface area contributed by atoms with Crippen LogP contribution in [0.25, 0.3) is 0 Å². The maximum Gasteiger partial charge on any atom is 0.347 e. The highest BCUT2D eigenvalue weighted by Gasteiger charge is 2.40. The number of nitrogens with zero attached hydrogens (tertiary/aromatic N) is 3. The first kappa shape index (κ1) is 17.0. The molecule has 1 fully saturated rings. The van der Waals surface area contributed by atoms with E-state index in [0.29, 0.717) is 13.2 Å². The van der Waals surface area contributed by atoms with Crippen molar-refractivity contribution < 1.29 is 14.2 Å². The third kappa shape index (κ3) is 2.66. The van der Waals surface area contributed by atoms with Gasteiger partial charge in [0.1, 0.15) is 18.2 Å². The molecule has 4 atom stereocenters. The molecule has 0 saturated carbocycles. The molecule has 0 aliphatic carbocycles. The molecule has 8 nitrogen and oxygen atoms in total. The lowest BCUT2D eigenvalue weighted by atomic mass is 10.0. The summed E-state index contributed by atoms with van der Waals surface area (Å²) in [6.07, 6.45) is 2.38. The molecule has 138 valence electrons. The summed E-state index contributed by atoms with van der Waals surface area (Å²) in [5, 5.41) is 0. The Hall–Kier alpha value is -2.42. The van der Waals surface area contributed by atoms with Crippen LogP contribution < -0.4 is 11.4 Å². The van der Waals surface area contributed by atoms with Crippen LogP contribution in [0, 0.1) is 0 Å². The van der Waals surface area contributed by atoms with Crippen LogP contribution in [0.3, 0.4) is 0 Å². The van der Waals surface area contributed by atoms with Crippen molar-refractivity contribution in [2.75, 3.05) is 13.7 Å². The maximum atomic E-state index is 12.6. The molecular weight excluding hydrogens is 338 g/mol. The summed E-state index contributed by atoms with van der Waals surface area (Å²) >= 11 is 0. The molecule has 3 heterocycles. The third-order valence-electron chi connectivity index (χ3n) is 4.91. The van der Waals surface area contributed by atoms with Crippen LogP contribution in [0.2, 0.25) is 0 Å². The van der Waals surface area contributed by atoms with E-state index in [1.54, 1.807) is 7.11 Å². The number of rotatable bonds is 3. The van der Waals surface area contributed by atoms with Crippen molar-refractivity contribution in [2.45, 2.75) is 31.1 Å².